The van der Waals surface area contributed by atoms with Crippen LogP contribution in [0.2, 0.25) is 0 Å². The third kappa shape index (κ3) is 4.31. The number of ether oxygens (including phenoxy) is 2. The Balaban J connectivity index is 2.29. The number of nitro benzene ring substituents is 1. The average Bonchev–Trinajstić information content (AvgIpc) is 2.60. The van der Waals surface area contributed by atoms with E-state index in [-0.39, 0.29) is 28.7 Å². The van der Waals surface area contributed by atoms with Gasteiger partial charge in [0.25, 0.3) is 5.56 Å². The molecule has 0 bridgehead atoms. The summed E-state index contributed by atoms with van der Waals surface area (Å²) in [6, 6.07) is 4.23. The van der Waals surface area contributed by atoms with Gasteiger partial charge in [0.1, 0.15) is 0 Å². The van der Waals surface area contributed by atoms with Crippen molar-refractivity contribution in [2.45, 2.75) is 13.3 Å². The maximum atomic E-state index is 11.5. The van der Waals surface area contributed by atoms with E-state index in [1.54, 1.807) is 0 Å². The highest BCUT2D eigenvalue weighted by Gasteiger charge is 2.21. The van der Waals surface area contributed by atoms with Gasteiger partial charge in [0.15, 0.2) is 5.75 Å². The fraction of sp³-hybridized carbons (Fsp3) is 0.267. The van der Waals surface area contributed by atoms with Gasteiger partial charge < -0.3 is 9.47 Å². The molecule has 2 aromatic rings. The monoisotopic (exact) mass is 347 g/mol. The number of nitrogens with one attached hydrogen (secondary N) is 2. The molecule has 10 nitrogen and oxygen atoms in total. The minimum absolute atomic E-state index is 0.0271. The molecule has 1 aromatic heterocycles. The number of rotatable bonds is 7. The van der Waals surface area contributed by atoms with Gasteiger partial charge in [-0.15, -0.1) is 0 Å². The number of nitrogens with zero attached hydrogens (tertiary/aromatic N) is 3. The van der Waals surface area contributed by atoms with E-state index in [9.17, 15) is 14.9 Å². The van der Waals surface area contributed by atoms with Crippen LogP contribution in [0, 0.1) is 10.1 Å². The molecule has 132 valence electrons. The van der Waals surface area contributed by atoms with Crippen LogP contribution in [0.1, 0.15) is 18.2 Å². The molecule has 0 aliphatic heterocycles. The van der Waals surface area contributed by atoms with Gasteiger partial charge >= 0.3 is 5.69 Å². The van der Waals surface area contributed by atoms with Crippen molar-refractivity contribution in [3.8, 4) is 11.5 Å². The number of hydrogen-bond donors (Lipinski definition) is 2. The first-order chi connectivity index (χ1) is 12.0. The smallest absolute Gasteiger partial charge is 0.315 e. The SMILES string of the molecule is CCc1cc(=O)[nH]c(N/N=C\c2cc(OC)c(OC)c([N+](=O)[O-])c2)n1. The minimum atomic E-state index is -0.574. The van der Waals surface area contributed by atoms with Gasteiger partial charge in [-0.3, -0.25) is 19.9 Å². The van der Waals surface area contributed by atoms with Crippen molar-refractivity contribution in [1.82, 2.24) is 9.97 Å². The molecular formula is C15H17N5O5. The number of benzene rings is 1. The number of methoxy groups -OCH3 is 2. The molecule has 0 aliphatic carbocycles. The molecule has 0 atom stereocenters. The van der Waals surface area contributed by atoms with Gasteiger partial charge in [-0.25, -0.2) is 10.4 Å². The fourth-order valence-corrected chi connectivity index (χ4v) is 2.09. The molecule has 1 heterocycles. The third-order valence-corrected chi connectivity index (χ3v) is 3.22. The predicted octanol–water partition coefficient (Wildman–Crippen LogP) is 1.70. The zero-order chi connectivity index (χ0) is 18.4. The Bertz CT molecular complexity index is 862. The van der Waals surface area contributed by atoms with Crippen molar-refractivity contribution in [3.05, 3.63) is 49.9 Å². The Morgan fingerprint density at radius 2 is 2.12 bits per heavy atom. The van der Waals surface area contributed by atoms with E-state index in [4.69, 9.17) is 9.47 Å². The summed E-state index contributed by atoms with van der Waals surface area (Å²) < 4.78 is 10.1. The molecule has 10 heteroatoms. The first-order valence-electron chi connectivity index (χ1n) is 7.28. The van der Waals surface area contributed by atoms with Gasteiger partial charge in [-0.05, 0) is 12.5 Å². The number of aryl methyl sites for hydroxylation is 1. The van der Waals surface area contributed by atoms with Gasteiger partial charge in [-0.1, -0.05) is 6.92 Å². The summed E-state index contributed by atoms with van der Waals surface area (Å²) in [6.45, 7) is 1.87. The topological polar surface area (TPSA) is 132 Å². The van der Waals surface area contributed by atoms with E-state index in [0.29, 0.717) is 17.7 Å². The van der Waals surface area contributed by atoms with Crippen LogP contribution in [0.25, 0.3) is 0 Å². The average molecular weight is 347 g/mol. The van der Waals surface area contributed by atoms with Crippen molar-refractivity contribution in [1.29, 1.82) is 0 Å². The second-order valence-corrected chi connectivity index (χ2v) is 4.84. The summed E-state index contributed by atoms with van der Waals surface area (Å²) >= 11 is 0. The predicted molar refractivity (Wildman–Crippen MR) is 91.7 cm³/mol. The van der Waals surface area contributed by atoms with E-state index in [1.165, 1.54) is 38.6 Å². The fourth-order valence-electron chi connectivity index (χ4n) is 2.09. The number of aromatic amines is 1. The normalized spacial score (nSPS) is 10.7. The Kier molecular flexibility index (Phi) is 5.66. The molecule has 0 amide bonds. The highest BCUT2D eigenvalue weighted by atomic mass is 16.6. The lowest BCUT2D eigenvalue weighted by molar-refractivity contribution is -0.385. The van der Waals surface area contributed by atoms with Crippen molar-refractivity contribution in [2.24, 2.45) is 5.10 Å². The van der Waals surface area contributed by atoms with E-state index < -0.39 is 4.92 Å². The molecule has 25 heavy (non-hydrogen) atoms. The van der Waals surface area contributed by atoms with Crippen molar-refractivity contribution < 1.29 is 14.4 Å². The van der Waals surface area contributed by atoms with Gasteiger partial charge in [-0.2, -0.15) is 5.10 Å². The van der Waals surface area contributed by atoms with Crippen LogP contribution >= 0.6 is 0 Å². The minimum Gasteiger partial charge on any atom is -0.493 e. The van der Waals surface area contributed by atoms with E-state index in [0.717, 1.165) is 0 Å². The van der Waals surface area contributed by atoms with Crippen molar-refractivity contribution >= 4 is 17.9 Å². The molecule has 0 saturated heterocycles. The largest absolute Gasteiger partial charge is 0.493 e. The maximum Gasteiger partial charge on any atom is 0.315 e. The number of H-pyrrole nitrogens is 1. The maximum absolute atomic E-state index is 11.5. The highest BCUT2D eigenvalue weighted by Crippen LogP contribution is 2.37. The van der Waals surface area contributed by atoms with Crippen molar-refractivity contribution in [3.63, 3.8) is 0 Å². The molecule has 0 unspecified atom stereocenters. The standard InChI is InChI=1S/C15H17N5O5/c1-4-10-7-13(21)18-15(17-10)19-16-8-9-5-11(20(22)23)14(25-3)12(6-9)24-2/h5-8H,4H2,1-3H3,(H2,17,18,19,21)/b16-8-. The number of hydrazone groups is 1. The van der Waals surface area contributed by atoms with Crippen LogP contribution in [0.5, 0.6) is 11.5 Å². The van der Waals surface area contributed by atoms with Crippen LogP contribution in [-0.4, -0.2) is 35.3 Å². The lowest BCUT2D eigenvalue weighted by atomic mass is 10.2. The number of hydrogen-bond acceptors (Lipinski definition) is 8. The molecule has 0 spiro atoms. The van der Waals surface area contributed by atoms with Gasteiger partial charge in [0.2, 0.25) is 11.7 Å². The van der Waals surface area contributed by atoms with Crippen molar-refractivity contribution in [2.75, 3.05) is 19.6 Å². The summed E-state index contributed by atoms with van der Waals surface area (Å²) in [6.07, 6.45) is 1.94. The summed E-state index contributed by atoms with van der Waals surface area (Å²) in [7, 11) is 2.70. The Labute approximate surface area is 142 Å². The van der Waals surface area contributed by atoms with E-state index >= 15 is 0 Å². The quantitative estimate of drug-likeness (QED) is 0.442. The van der Waals surface area contributed by atoms with Crippen LogP contribution in [0.4, 0.5) is 11.6 Å². The van der Waals surface area contributed by atoms with Crippen LogP contribution in [0.15, 0.2) is 28.1 Å². The van der Waals surface area contributed by atoms with E-state index in [2.05, 4.69) is 20.5 Å². The zero-order valence-electron chi connectivity index (χ0n) is 13.9. The van der Waals surface area contributed by atoms with Crippen LogP contribution in [-0.2, 0) is 6.42 Å². The Morgan fingerprint density at radius 1 is 1.36 bits per heavy atom. The molecule has 2 N–H and O–H groups in total. The summed E-state index contributed by atoms with van der Waals surface area (Å²) in [5, 5.41) is 15.1. The summed E-state index contributed by atoms with van der Waals surface area (Å²) in [4.78, 5) is 28.7. The zero-order valence-corrected chi connectivity index (χ0v) is 13.9. The lowest BCUT2D eigenvalue weighted by Crippen LogP contribution is -2.11. The molecule has 2 rings (SSSR count). The lowest BCUT2D eigenvalue weighted by Gasteiger charge is -2.08. The van der Waals surface area contributed by atoms with Gasteiger partial charge in [0.05, 0.1) is 25.4 Å². The van der Waals surface area contributed by atoms with Gasteiger partial charge in [0, 0.05) is 23.4 Å². The Morgan fingerprint density at radius 3 is 2.72 bits per heavy atom. The van der Waals surface area contributed by atoms with E-state index in [1.807, 2.05) is 6.92 Å². The Hall–Kier alpha value is -3.43. The molecule has 0 aliphatic rings. The number of nitro groups is 1. The first-order valence-corrected chi connectivity index (χ1v) is 7.28. The molecule has 0 radical (unpaired) electrons. The molecule has 0 fully saturated rings. The highest BCUT2D eigenvalue weighted by molar-refractivity contribution is 5.83. The number of anilines is 1. The second kappa shape index (κ2) is 7.90. The summed E-state index contributed by atoms with van der Waals surface area (Å²) in [5.41, 5.74) is 3.06. The third-order valence-electron chi connectivity index (χ3n) is 3.22. The molecule has 0 saturated carbocycles. The van der Waals surface area contributed by atoms with Crippen LogP contribution in [0.3, 0.4) is 0 Å². The molecular weight excluding hydrogens is 330 g/mol. The first kappa shape index (κ1) is 17.9. The summed E-state index contributed by atoms with van der Waals surface area (Å²) in [5.74, 6) is 0.410. The molecule has 1 aromatic carbocycles. The number of aromatic nitrogens is 2. The second-order valence-electron chi connectivity index (χ2n) is 4.84. The van der Waals surface area contributed by atoms with Crippen LogP contribution < -0.4 is 20.5 Å².